The normalized spacial score (nSPS) is 11.6. The van der Waals surface area contributed by atoms with Gasteiger partial charge in [-0.05, 0) is 91.0 Å². The molecule has 0 amide bonds. The summed E-state index contributed by atoms with van der Waals surface area (Å²) >= 11 is 0. The summed E-state index contributed by atoms with van der Waals surface area (Å²) in [6, 6.07) is 13.5. The van der Waals surface area contributed by atoms with E-state index in [0.29, 0.717) is 0 Å². The molecule has 0 aromatic heterocycles. The zero-order valence-corrected chi connectivity index (χ0v) is 25.1. The van der Waals surface area contributed by atoms with Crippen molar-refractivity contribution in [3.63, 3.8) is 0 Å². The van der Waals surface area contributed by atoms with Crippen LogP contribution in [0.1, 0.15) is 115 Å². The molecule has 2 aromatic carbocycles. The van der Waals surface area contributed by atoms with Gasteiger partial charge in [0.05, 0.1) is 17.1 Å². The quantitative estimate of drug-likeness (QED) is 0.129. The Morgan fingerprint density at radius 1 is 0.622 bits per heavy atom. The van der Waals surface area contributed by atoms with Gasteiger partial charge in [0.15, 0.2) is 0 Å². The molecule has 0 aliphatic carbocycles. The van der Waals surface area contributed by atoms with Crippen LogP contribution in [0.3, 0.4) is 0 Å². The molecule has 0 spiro atoms. The molecule has 0 heterocycles. The maximum atomic E-state index is 5.18. The van der Waals surface area contributed by atoms with Crippen LogP contribution in [0.15, 0.2) is 46.4 Å². The Morgan fingerprint density at radius 2 is 1.11 bits per heavy atom. The average Bonchev–Trinajstić information content (AvgIpc) is 2.88. The molecule has 0 fully saturated rings. The SMILES string of the molecule is CCC#CC(=N\c1ccc(CCC)c(CCC)c1)/C(CCCC)=N/c1ccc(CCC)c(CCC)c1.[Ni]. The van der Waals surface area contributed by atoms with Gasteiger partial charge >= 0.3 is 0 Å². The molecule has 204 valence electrons. The molecule has 2 nitrogen and oxygen atoms in total. The van der Waals surface area contributed by atoms with Crippen LogP contribution in [0.4, 0.5) is 11.4 Å². The van der Waals surface area contributed by atoms with E-state index in [0.717, 1.165) is 93.4 Å². The van der Waals surface area contributed by atoms with Crippen LogP contribution in [0, 0.1) is 11.8 Å². The minimum absolute atomic E-state index is 0. The zero-order chi connectivity index (χ0) is 26.2. The van der Waals surface area contributed by atoms with Gasteiger partial charge in [-0.3, -0.25) is 4.99 Å². The predicted molar refractivity (Wildman–Crippen MR) is 161 cm³/mol. The molecule has 2 aromatic rings. The van der Waals surface area contributed by atoms with E-state index in [2.05, 4.69) is 89.8 Å². The minimum atomic E-state index is 0. The molecule has 0 saturated carbocycles. The molecule has 0 bridgehead atoms. The molecule has 0 aliphatic heterocycles. The molecule has 0 aliphatic rings. The number of rotatable bonds is 14. The smallest absolute Gasteiger partial charge is 0.135 e. The van der Waals surface area contributed by atoms with Crippen LogP contribution in [0.2, 0.25) is 0 Å². The Bertz CT molecular complexity index is 1070. The monoisotopic (exact) mass is 542 g/mol. The molecule has 0 radical (unpaired) electrons. The summed E-state index contributed by atoms with van der Waals surface area (Å²) < 4.78 is 0. The minimum Gasteiger partial charge on any atom is -0.251 e. The second-order valence-electron chi connectivity index (χ2n) is 9.68. The Labute approximate surface area is 237 Å². The van der Waals surface area contributed by atoms with E-state index in [-0.39, 0.29) is 16.5 Å². The van der Waals surface area contributed by atoms with Crippen molar-refractivity contribution >= 4 is 22.8 Å². The first kappa shape index (κ1) is 32.9. The van der Waals surface area contributed by atoms with Crippen LogP contribution in [-0.2, 0) is 42.2 Å². The number of unbranched alkanes of at least 4 members (excludes halogenated alkanes) is 1. The van der Waals surface area contributed by atoms with E-state index in [1.165, 1.54) is 28.7 Å². The van der Waals surface area contributed by atoms with Gasteiger partial charge in [-0.15, -0.1) is 0 Å². The van der Waals surface area contributed by atoms with Gasteiger partial charge in [-0.25, -0.2) is 4.99 Å². The Hall–Kier alpha value is -2.17. The summed E-state index contributed by atoms with van der Waals surface area (Å²) in [5, 5.41) is 0. The van der Waals surface area contributed by atoms with Crippen molar-refractivity contribution in [3.8, 4) is 11.8 Å². The Balaban J connectivity index is 0.00000684. The number of hydrogen-bond donors (Lipinski definition) is 0. The van der Waals surface area contributed by atoms with Gasteiger partial charge in [0.1, 0.15) is 5.71 Å². The second-order valence-corrected chi connectivity index (χ2v) is 9.68. The summed E-state index contributed by atoms with van der Waals surface area (Å²) in [5.74, 6) is 6.66. The van der Waals surface area contributed by atoms with Gasteiger partial charge in [0.25, 0.3) is 0 Å². The van der Waals surface area contributed by atoms with Crippen LogP contribution in [-0.4, -0.2) is 11.4 Å². The summed E-state index contributed by atoms with van der Waals surface area (Å²) in [7, 11) is 0. The van der Waals surface area contributed by atoms with E-state index >= 15 is 0 Å². The fourth-order valence-electron chi connectivity index (χ4n) is 4.59. The number of hydrogen-bond acceptors (Lipinski definition) is 2. The molecule has 0 unspecified atom stereocenters. The number of nitrogens with zero attached hydrogens (tertiary/aromatic N) is 2. The third-order valence-corrected chi connectivity index (χ3v) is 6.39. The third-order valence-electron chi connectivity index (χ3n) is 6.39. The van der Waals surface area contributed by atoms with Crippen molar-refractivity contribution in [1.29, 1.82) is 0 Å². The van der Waals surface area contributed by atoms with Crippen molar-refractivity contribution in [1.82, 2.24) is 0 Å². The van der Waals surface area contributed by atoms with Crippen LogP contribution >= 0.6 is 0 Å². The van der Waals surface area contributed by atoms with Crippen molar-refractivity contribution in [2.24, 2.45) is 9.98 Å². The topological polar surface area (TPSA) is 24.7 Å². The van der Waals surface area contributed by atoms with Crippen molar-refractivity contribution in [2.75, 3.05) is 0 Å². The predicted octanol–water partition coefficient (Wildman–Crippen LogP) is 9.94. The van der Waals surface area contributed by atoms with Crippen molar-refractivity contribution in [2.45, 2.75) is 119 Å². The van der Waals surface area contributed by atoms with Crippen LogP contribution < -0.4 is 0 Å². The standard InChI is InChI=1S/C34H48N2.Ni/c1-7-13-19-33(35-31-23-21-27(15-9-3)29(25-31)17-11-5)34(20-14-8-2)36-32-24-22-28(16-10-4)30(26-32)18-12-6;/h21-26H,7-13,15-19H2,1-6H3;/b35-33+,36-34+;. The summed E-state index contributed by atoms with van der Waals surface area (Å²) in [4.78, 5) is 10.3. The van der Waals surface area contributed by atoms with Gasteiger partial charge in [0, 0.05) is 22.9 Å². The van der Waals surface area contributed by atoms with E-state index in [9.17, 15) is 0 Å². The van der Waals surface area contributed by atoms with Gasteiger partial charge in [-0.2, -0.15) is 0 Å². The molecular weight excluding hydrogens is 495 g/mol. The summed E-state index contributed by atoms with van der Waals surface area (Å²) in [6.45, 7) is 13.3. The first-order valence-corrected chi connectivity index (χ1v) is 14.5. The molecule has 0 atom stereocenters. The summed E-state index contributed by atoms with van der Waals surface area (Å²) in [5.41, 5.74) is 9.63. The molecular formula is C34H48N2Ni. The van der Waals surface area contributed by atoms with Crippen LogP contribution in [0.5, 0.6) is 0 Å². The largest absolute Gasteiger partial charge is 0.251 e. The maximum Gasteiger partial charge on any atom is 0.135 e. The van der Waals surface area contributed by atoms with E-state index < -0.39 is 0 Å². The number of benzene rings is 2. The van der Waals surface area contributed by atoms with Gasteiger partial charge in [-0.1, -0.05) is 91.7 Å². The first-order valence-electron chi connectivity index (χ1n) is 14.5. The fourth-order valence-corrected chi connectivity index (χ4v) is 4.59. The maximum absolute atomic E-state index is 5.18. The fraction of sp³-hybridized carbons (Fsp3) is 0.529. The van der Waals surface area contributed by atoms with Crippen LogP contribution in [0.25, 0.3) is 0 Å². The van der Waals surface area contributed by atoms with E-state index in [4.69, 9.17) is 9.98 Å². The van der Waals surface area contributed by atoms with Crippen molar-refractivity contribution < 1.29 is 16.5 Å². The zero-order valence-electron chi connectivity index (χ0n) is 24.2. The second kappa shape index (κ2) is 19.0. The molecule has 0 N–H and O–H groups in total. The number of aliphatic imine (C=N–C) groups is 2. The molecule has 37 heavy (non-hydrogen) atoms. The Morgan fingerprint density at radius 3 is 1.57 bits per heavy atom. The van der Waals surface area contributed by atoms with E-state index in [1.54, 1.807) is 0 Å². The third kappa shape index (κ3) is 11.0. The molecule has 0 saturated heterocycles. The van der Waals surface area contributed by atoms with Gasteiger partial charge < -0.3 is 0 Å². The number of aryl methyl sites for hydroxylation is 4. The molecule has 2 rings (SSSR count). The summed E-state index contributed by atoms with van der Waals surface area (Å²) in [6.07, 6.45) is 13.0. The van der Waals surface area contributed by atoms with E-state index in [1.807, 2.05) is 0 Å². The van der Waals surface area contributed by atoms with Gasteiger partial charge in [0.2, 0.25) is 0 Å². The Kier molecular flexibility index (Phi) is 16.9. The first-order chi connectivity index (χ1) is 17.6. The average molecular weight is 543 g/mol. The molecule has 3 heteroatoms. The van der Waals surface area contributed by atoms with Crippen molar-refractivity contribution in [3.05, 3.63) is 58.7 Å².